The molecule has 2 aliphatic rings. The number of urea groups is 1. The topological polar surface area (TPSA) is 65.6 Å². The van der Waals surface area contributed by atoms with Crippen molar-refractivity contribution in [2.75, 3.05) is 18.6 Å². The maximum absolute atomic E-state index is 13.6. The predicted octanol–water partition coefficient (Wildman–Crippen LogP) is 4.72. The van der Waals surface area contributed by atoms with E-state index in [2.05, 4.69) is 4.98 Å². The zero-order valence-corrected chi connectivity index (χ0v) is 17.3. The minimum atomic E-state index is -1.12. The lowest BCUT2D eigenvalue weighted by Gasteiger charge is -2.35. The highest BCUT2D eigenvalue weighted by Gasteiger charge is 2.59. The molecule has 0 radical (unpaired) electrons. The van der Waals surface area contributed by atoms with E-state index in [9.17, 15) is 9.59 Å². The zero-order valence-electron chi connectivity index (χ0n) is 15.8. The monoisotopic (exact) mass is 429 g/mol. The van der Waals surface area contributed by atoms with E-state index < -0.39 is 5.54 Å². The maximum Gasteiger partial charge on any atom is 0.332 e. The molecule has 0 saturated carbocycles. The van der Waals surface area contributed by atoms with Crippen molar-refractivity contribution < 1.29 is 14.3 Å². The Hall–Kier alpha value is -2.70. The number of carbonyl (C=O) groups is 2. The lowest BCUT2D eigenvalue weighted by molar-refractivity contribution is -0.125. The first-order valence-electron chi connectivity index (χ1n) is 9.16. The van der Waals surface area contributed by atoms with Crippen molar-refractivity contribution in [3.05, 3.63) is 57.7 Å². The lowest BCUT2D eigenvalue weighted by atomic mass is 9.87. The zero-order chi connectivity index (χ0) is 20.5. The van der Waals surface area contributed by atoms with Gasteiger partial charge in [-0.15, -0.1) is 0 Å². The lowest BCUT2D eigenvalue weighted by Crippen LogP contribution is -2.49. The number of amides is 3. The maximum atomic E-state index is 13.6. The quantitative estimate of drug-likeness (QED) is 0.599. The van der Waals surface area contributed by atoms with Crippen molar-refractivity contribution in [1.82, 2.24) is 9.88 Å². The van der Waals surface area contributed by atoms with Gasteiger partial charge in [0.25, 0.3) is 5.91 Å². The molecule has 2 aliphatic heterocycles. The normalized spacial score (nSPS) is 21.0. The second-order valence-corrected chi connectivity index (χ2v) is 8.20. The molecule has 1 N–H and O–H groups in total. The van der Waals surface area contributed by atoms with E-state index in [0.29, 0.717) is 23.7 Å². The summed E-state index contributed by atoms with van der Waals surface area (Å²) in [7, 11) is 1.62. The molecule has 5 rings (SSSR count). The third-order valence-electron chi connectivity index (χ3n) is 5.93. The van der Waals surface area contributed by atoms with Crippen molar-refractivity contribution in [1.29, 1.82) is 0 Å². The highest BCUT2D eigenvalue weighted by molar-refractivity contribution is 6.42. The van der Waals surface area contributed by atoms with Crippen molar-refractivity contribution in [3.63, 3.8) is 0 Å². The van der Waals surface area contributed by atoms with E-state index in [0.717, 1.165) is 27.9 Å². The largest absolute Gasteiger partial charge is 0.497 e. The molecule has 29 heavy (non-hydrogen) atoms. The summed E-state index contributed by atoms with van der Waals surface area (Å²) in [6.45, 7) is 2.23. The molecule has 3 aromatic rings. The number of aromatic nitrogens is 1. The van der Waals surface area contributed by atoms with Gasteiger partial charge in [-0.2, -0.15) is 0 Å². The Bertz CT molecular complexity index is 1210. The van der Waals surface area contributed by atoms with Crippen LogP contribution in [0.2, 0.25) is 10.0 Å². The summed E-state index contributed by atoms with van der Waals surface area (Å²) in [5.74, 6) is 0.429. The number of nitrogens with one attached hydrogen (secondary N) is 1. The molecule has 1 saturated heterocycles. The first kappa shape index (κ1) is 18.3. The molecule has 3 heterocycles. The fraction of sp³-hybridized carbons (Fsp3) is 0.238. The Morgan fingerprint density at radius 1 is 1.10 bits per heavy atom. The third kappa shape index (κ3) is 2.36. The van der Waals surface area contributed by atoms with Gasteiger partial charge in [-0.05, 0) is 55.3 Å². The number of hydrogen-bond acceptors (Lipinski definition) is 3. The standard InChI is InChI=1S/C21H17Cl2N3O3/c1-21-18-13(14-10-12(29-2)4-6-17(14)24-18)7-8-25(21)20(28)26(19(21)27)11-3-5-15(22)16(23)9-11/h3-6,9-10,24H,7-8H2,1-2H3. The van der Waals surface area contributed by atoms with Crippen LogP contribution in [0.5, 0.6) is 5.75 Å². The number of H-pyrrole nitrogens is 1. The molecule has 0 aliphatic carbocycles. The molecule has 0 spiro atoms. The minimum Gasteiger partial charge on any atom is -0.497 e. The smallest absolute Gasteiger partial charge is 0.332 e. The van der Waals surface area contributed by atoms with Gasteiger partial charge in [-0.3, -0.25) is 4.79 Å². The number of fused-ring (bicyclic) bond motifs is 5. The Kier molecular flexibility index (Phi) is 3.89. The van der Waals surface area contributed by atoms with Crippen molar-refractivity contribution in [2.45, 2.75) is 18.9 Å². The van der Waals surface area contributed by atoms with Crippen molar-refractivity contribution >= 4 is 51.7 Å². The Morgan fingerprint density at radius 2 is 1.90 bits per heavy atom. The molecule has 0 bridgehead atoms. The van der Waals surface area contributed by atoms with Gasteiger partial charge in [-0.1, -0.05) is 23.2 Å². The fourth-order valence-electron chi connectivity index (χ4n) is 4.40. The van der Waals surface area contributed by atoms with Crippen molar-refractivity contribution in [2.24, 2.45) is 0 Å². The van der Waals surface area contributed by atoms with Crippen molar-refractivity contribution in [3.8, 4) is 5.75 Å². The number of hydrogen-bond donors (Lipinski definition) is 1. The van der Waals surface area contributed by atoms with Crippen LogP contribution in [0.3, 0.4) is 0 Å². The van der Waals surface area contributed by atoms with Gasteiger partial charge < -0.3 is 14.6 Å². The molecule has 6 nitrogen and oxygen atoms in total. The van der Waals surface area contributed by atoms with E-state index in [1.807, 2.05) is 18.2 Å². The molecule has 8 heteroatoms. The Labute approximate surface area is 176 Å². The number of nitrogens with zero attached hydrogens (tertiary/aromatic N) is 2. The number of halogens is 2. The summed E-state index contributed by atoms with van der Waals surface area (Å²) in [4.78, 5) is 33.0. The van der Waals surface area contributed by atoms with E-state index in [-0.39, 0.29) is 17.0 Å². The van der Waals surface area contributed by atoms with Crippen LogP contribution in [0, 0.1) is 0 Å². The fourth-order valence-corrected chi connectivity index (χ4v) is 4.69. The number of methoxy groups -OCH3 is 1. The van der Waals surface area contributed by atoms with E-state index in [4.69, 9.17) is 27.9 Å². The summed E-state index contributed by atoms with van der Waals surface area (Å²) in [6, 6.07) is 10.1. The van der Waals surface area contributed by atoms with E-state index >= 15 is 0 Å². The van der Waals surface area contributed by atoms with Gasteiger partial charge in [0.05, 0.1) is 28.5 Å². The van der Waals surface area contributed by atoms with Gasteiger partial charge in [0.2, 0.25) is 0 Å². The third-order valence-corrected chi connectivity index (χ3v) is 6.67. The number of aromatic amines is 1. The SMILES string of the molecule is COc1ccc2[nH]c3c(c2c1)CCN1C(=O)N(c2ccc(Cl)c(Cl)c2)C(=O)C31C. The molecule has 148 valence electrons. The van der Waals surface area contributed by atoms with Gasteiger partial charge in [0.1, 0.15) is 5.75 Å². The van der Waals surface area contributed by atoms with Crippen LogP contribution in [-0.2, 0) is 16.8 Å². The molecular weight excluding hydrogens is 413 g/mol. The molecule has 1 atom stereocenters. The number of ether oxygens (including phenoxy) is 1. The van der Waals surface area contributed by atoms with Crippen LogP contribution < -0.4 is 9.64 Å². The summed E-state index contributed by atoms with van der Waals surface area (Å²) in [5.41, 5.74) is 1.97. The van der Waals surface area contributed by atoms with Crippen LogP contribution in [0.4, 0.5) is 10.5 Å². The molecule has 1 fully saturated rings. The van der Waals surface area contributed by atoms with Gasteiger partial charge >= 0.3 is 6.03 Å². The number of anilines is 1. The van der Waals surface area contributed by atoms with Crippen LogP contribution in [-0.4, -0.2) is 35.5 Å². The highest BCUT2D eigenvalue weighted by Crippen LogP contribution is 2.46. The minimum absolute atomic E-state index is 0.290. The van der Waals surface area contributed by atoms with Crippen LogP contribution in [0.25, 0.3) is 10.9 Å². The Morgan fingerprint density at radius 3 is 2.62 bits per heavy atom. The first-order valence-corrected chi connectivity index (χ1v) is 9.92. The van der Waals surface area contributed by atoms with Crippen LogP contribution in [0.15, 0.2) is 36.4 Å². The van der Waals surface area contributed by atoms with Gasteiger partial charge in [0.15, 0.2) is 5.54 Å². The molecule has 1 unspecified atom stereocenters. The average molecular weight is 430 g/mol. The van der Waals surface area contributed by atoms with Gasteiger partial charge in [0, 0.05) is 17.4 Å². The molecule has 2 aromatic carbocycles. The number of rotatable bonds is 2. The molecule has 3 amide bonds. The predicted molar refractivity (Wildman–Crippen MR) is 112 cm³/mol. The highest BCUT2D eigenvalue weighted by atomic mass is 35.5. The summed E-state index contributed by atoms with van der Waals surface area (Å²) in [6.07, 6.45) is 0.645. The number of benzene rings is 2. The second kappa shape index (κ2) is 6.15. The second-order valence-electron chi connectivity index (χ2n) is 7.39. The van der Waals surface area contributed by atoms with Crippen LogP contribution >= 0.6 is 23.2 Å². The number of imide groups is 1. The molecule has 1 aromatic heterocycles. The van der Waals surface area contributed by atoms with Crippen LogP contribution in [0.1, 0.15) is 18.2 Å². The number of carbonyl (C=O) groups excluding carboxylic acids is 2. The summed E-state index contributed by atoms with van der Waals surface area (Å²) in [5, 5.41) is 1.66. The Balaban J connectivity index is 1.67. The first-order chi connectivity index (χ1) is 13.9. The van der Waals surface area contributed by atoms with Gasteiger partial charge in [-0.25, -0.2) is 9.69 Å². The molecular formula is C21H17Cl2N3O3. The summed E-state index contributed by atoms with van der Waals surface area (Å²) >= 11 is 12.1. The average Bonchev–Trinajstić information content (AvgIpc) is 3.18. The summed E-state index contributed by atoms with van der Waals surface area (Å²) < 4.78 is 5.35. The van der Waals surface area contributed by atoms with E-state index in [1.165, 1.54) is 4.90 Å². The van der Waals surface area contributed by atoms with E-state index in [1.54, 1.807) is 37.1 Å².